The van der Waals surface area contributed by atoms with E-state index >= 15 is 0 Å². The Labute approximate surface area is 90.2 Å². The molecule has 2 rings (SSSR count). The average Bonchev–Trinajstić information content (AvgIpc) is 2.41. The summed E-state index contributed by atoms with van der Waals surface area (Å²) >= 11 is 0. The van der Waals surface area contributed by atoms with E-state index in [1.165, 1.54) is 11.0 Å². The van der Waals surface area contributed by atoms with Gasteiger partial charge in [-0.2, -0.15) is 0 Å². The zero-order chi connectivity index (χ0) is 12.3. The lowest BCUT2D eigenvalue weighted by atomic mass is 10.3. The molecule has 1 aromatic carbocycles. The van der Waals surface area contributed by atoms with Gasteiger partial charge in [-0.05, 0) is 12.1 Å². The van der Waals surface area contributed by atoms with Crippen molar-refractivity contribution in [1.82, 2.24) is 4.57 Å². The Morgan fingerprint density at radius 2 is 1.62 bits per heavy atom. The van der Waals surface area contributed by atoms with E-state index in [4.69, 9.17) is 0 Å². The maximum Gasteiger partial charge on any atom is 0.673 e. The summed E-state index contributed by atoms with van der Waals surface area (Å²) in [6.45, 7) is 0. The third kappa shape index (κ3) is 3.56. The fourth-order valence-electron chi connectivity index (χ4n) is 1.44. The smallest absolute Gasteiger partial charge is 0.418 e. The first-order chi connectivity index (χ1) is 7.29. The minimum Gasteiger partial charge on any atom is -0.418 e. The number of hydrogen-bond donors (Lipinski definition) is 0. The number of aromatic nitrogens is 2. The molecule has 2 aromatic rings. The molecule has 0 spiro atoms. The van der Waals surface area contributed by atoms with Gasteiger partial charge < -0.3 is 17.3 Å². The Bertz CT molecular complexity index is 436. The highest BCUT2D eigenvalue weighted by Gasteiger charge is 2.20. The van der Waals surface area contributed by atoms with Crippen LogP contribution in [0.2, 0.25) is 0 Å². The molecule has 16 heavy (non-hydrogen) atoms. The summed E-state index contributed by atoms with van der Waals surface area (Å²) in [4.78, 5) is 0. The molecule has 0 saturated heterocycles. The second kappa shape index (κ2) is 4.55. The summed E-state index contributed by atoms with van der Waals surface area (Å²) in [6.07, 6.45) is 2.07. The summed E-state index contributed by atoms with van der Waals surface area (Å²) in [7, 11) is -1.88. The molecule has 1 heterocycles. The molecule has 0 saturated carbocycles. The lowest BCUT2D eigenvalue weighted by Crippen LogP contribution is -2.25. The normalized spacial score (nSPS) is 11.1. The Balaban J connectivity index is 0.000000221. The average molecular weight is 234 g/mol. The molecule has 2 nitrogen and oxygen atoms in total. The lowest BCUT2D eigenvalue weighted by molar-refractivity contribution is -0.645. The minimum absolute atomic E-state index is 1.27. The Hall–Kier alpha value is -1.53. The molecule has 0 aliphatic carbocycles. The minimum atomic E-state index is -6.00. The van der Waals surface area contributed by atoms with Crippen LogP contribution in [0.25, 0.3) is 11.0 Å². The van der Waals surface area contributed by atoms with Gasteiger partial charge in [0, 0.05) is 0 Å². The molecular formula is C9H11BF4N2. The molecular weight excluding hydrogens is 223 g/mol. The third-order valence-corrected chi connectivity index (χ3v) is 1.99. The summed E-state index contributed by atoms with van der Waals surface area (Å²) < 4.78 is 43.2. The van der Waals surface area contributed by atoms with Crippen LogP contribution in [0.5, 0.6) is 0 Å². The number of hydrogen-bond acceptors (Lipinski definition) is 0. The van der Waals surface area contributed by atoms with E-state index in [-0.39, 0.29) is 0 Å². The van der Waals surface area contributed by atoms with Crippen LogP contribution in [-0.4, -0.2) is 11.8 Å². The zero-order valence-electron chi connectivity index (χ0n) is 8.87. The summed E-state index contributed by atoms with van der Waals surface area (Å²) in [5.74, 6) is 0. The van der Waals surface area contributed by atoms with Gasteiger partial charge in [-0.15, -0.1) is 0 Å². The van der Waals surface area contributed by atoms with E-state index in [9.17, 15) is 17.3 Å². The predicted molar refractivity (Wildman–Crippen MR) is 54.3 cm³/mol. The molecule has 0 N–H and O–H groups in total. The molecule has 0 amide bonds. The van der Waals surface area contributed by atoms with Gasteiger partial charge in [0.2, 0.25) is 6.33 Å². The molecule has 0 aliphatic heterocycles. The van der Waals surface area contributed by atoms with Gasteiger partial charge in [0.25, 0.3) is 0 Å². The van der Waals surface area contributed by atoms with Crippen LogP contribution in [0.4, 0.5) is 17.3 Å². The SMILES string of the molecule is Cn1c[n+](C)c2ccccc21.F[B-](F)(F)F. The third-order valence-electron chi connectivity index (χ3n) is 1.99. The molecule has 1 aromatic heterocycles. The maximum atomic E-state index is 9.75. The number of aryl methyl sites for hydroxylation is 2. The van der Waals surface area contributed by atoms with Crippen molar-refractivity contribution >= 4 is 18.3 Å². The van der Waals surface area contributed by atoms with Crippen molar-refractivity contribution in [2.75, 3.05) is 0 Å². The first-order valence-corrected chi connectivity index (χ1v) is 4.56. The van der Waals surface area contributed by atoms with E-state index in [1.807, 2.05) is 0 Å². The van der Waals surface area contributed by atoms with Gasteiger partial charge >= 0.3 is 7.25 Å². The van der Waals surface area contributed by atoms with Crippen LogP contribution in [0.1, 0.15) is 0 Å². The zero-order valence-corrected chi connectivity index (χ0v) is 8.87. The molecule has 88 valence electrons. The number of imidazole rings is 1. The van der Waals surface area contributed by atoms with Gasteiger partial charge in [-0.1, -0.05) is 12.1 Å². The van der Waals surface area contributed by atoms with Crippen molar-refractivity contribution in [3.63, 3.8) is 0 Å². The van der Waals surface area contributed by atoms with E-state index in [0.717, 1.165) is 0 Å². The molecule has 0 bridgehead atoms. The number of para-hydroxylation sites is 2. The number of fused-ring (bicyclic) bond motifs is 1. The van der Waals surface area contributed by atoms with Crippen LogP contribution in [0.3, 0.4) is 0 Å². The highest BCUT2D eigenvalue weighted by molar-refractivity contribution is 6.50. The van der Waals surface area contributed by atoms with Gasteiger partial charge in [0.05, 0.1) is 14.1 Å². The van der Waals surface area contributed by atoms with Crippen molar-refractivity contribution in [3.8, 4) is 0 Å². The highest BCUT2D eigenvalue weighted by Crippen LogP contribution is 2.07. The van der Waals surface area contributed by atoms with Crippen LogP contribution < -0.4 is 4.57 Å². The topological polar surface area (TPSA) is 8.81 Å². The largest absolute Gasteiger partial charge is 0.673 e. The fourth-order valence-corrected chi connectivity index (χ4v) is 1.44. The number of rotatable bonds is 0. The highest BCUT2D eigenvalue weighted by atomic mass is 19.5. The summed E-state index contributed by atoms with van der Waals surface area (Å²) in [5, 5.41) is 0. The monoisotopic (exact) mass is 234 g/mol. The van der Waals surface area contributed by atoms with Gasteiger partial charge in [-0.3, -0.25) is 0 Å². The Morgan fingerprint density at radius 1 is 1.12 bits per heavy atom. The molecule has 0 radical (unpaired) electrons. The Morgan fingerprint density at radius 3 is 2.12 bits per heavy atom. The second-order valence-corrected chi connectivity index (χ2v) is 3.32. The summed E-state index contributed by atoms with van der Waals surface area (Å²) in [5.41, 5.74) is 2.55. The van der Waals surface area contributed by atoms with Gasteiger partial charge in [0.1, 0.15) is 0 Å². The number of halogens is 4. The van der Waals surface area contributed by atoms with E-state index in [1.54, 1.807) is 0 Å². The van der Waals surface area contributed by atoms with Crippen molar-refractivity contribution in [1.29, 1.82) is 0 Å². The fraction of sp³-hybridized carbons (Fsp3) is 0.222. The standard InChI is InChI=1S/C9H11N2.BF4/c1-10-7-11(2)9-6-4-3-5-8(9)10;2-1(3,4)5/h3-7H,1-2H3;/q+1;-1. The quantitative estimate of drug-likeness (QED) is 0.375. The number of nitrogens with zero attached hydrogens (tertiary/aromatic N) is 2. The van der Waals surface area contributed by atoms with Crippen LogP contribution in [0.15, 0.2) is 30.6 Å². The van der Waals surface area contributed by atoms with E-state index in [2.05, 4.69) is 53.8 Å². The Kier molecular flexibility index (Phi) is 3.56. The molecule has 7 heteroatoms. The number of benzene rings is 1. The van der Waals surface area contributed by atoms with E-state index in [0.29, 0.717) is 0 Å². The van der Waals surface area contributed by atoms with Crippen LogP contribution >= 0.6 is 0 Å². The molecule has 0 fully saturated rings. The molecule has 0 unspecified atom stereocenters. The van der Waals surface area contributed by atoms with Crippen molar-refractivity contribution < 1.29 is 21.8 Å². The maximum absolute atomic E-state index is 9.75. The molecule has 0 atom stereocenters. The second-order valence-electron chi connectivity index (χ2n) is 3.32. The van der Waals surface area contributed by atoms with Crippen molar-refractivity contribution in [2.45, 2.75) is 0 Å². The first kappa shape index (κ1) is 12.5. The van der Waals surface area contributed by atoms with Crippen molar-refractivity contribution in [3.05, 3.63) is 30.6 Å². The van der Waals surface area contributed by atoms with Crippen LogP contribution in [0, 0.1) is 0 Å². The van der Waals surface area contributed by atoms with Gasteiger partial charge in [-0.25, -0.2) is 9.13 Å². The molecule has 0 aliphatic rings. The van der Waals surface area contributed by atoms with Gasteiger partial charge in [0.15, 0.2) is 11.0 Å². The van der Waals surface area contributed by atoms with Crippen molar-refractivity contribution in [2.24, 2.45) is 14.1 Å². The summed E-state index contributed by atoms with van der Waals surface area (Å²) in [6, 6.07) is 8.36. The van der Waals surface area contributed by atoms with Crippen LogP contribution in [-0.2, 0) is 14.1 Å². The first-order valence-electron chi connectivity index (χ1n) is 4.56. The lowest BCUT2D eigenvalue weighted by Gasteiger charge is -1.94. The van der Waals surface area contributed by atoms with E-state index < -0.39 is 7.25 Å². The predicted octanol–water partition coefficient (Wildman–Crippen LogP) is 2.30.